The molecule has 7 nitrogen and oxygen atoms in total. The van der Waals surface area contributed by atoms with E-state index in [1.54, 1.807) is 0 Å². The molecule has 0 aromatic carbocycles. The van der Waals surface area contributed by atoms with E-state index in [1.807, 2.05) is 0 Å². The number of aromatic amines is 1. The van der Waals surface area contributed by atoms with Crippen LogP contribution >= 0.6 is 0 Å². The molecule has 2 saturated carbocycles. The summed E-state index contributed by atoms with van der Waals surface area (Å²) in [5.41, 5.74) is -0.321. The summed E-state index contributed by atoms with van der Waals surface area (Å²) in [6.45, 7) is 0. The van der Waals surface area contributed by atoms with Crippen LogP contribution in [0.2, 0.25) is 0 Å². The fourth-order valence-corrected chi connectivity index (χ4v) is 3.82. The van der Waals surface area contributed by atoms with Gasteiger partial charge in [-0.2, -0.15) is 5.10 Å². The number of hydrogen-bond acceptors (Lipinski definition) is 4. The number of carboxylic acid groups (broad SMARTS) is 1. The first-order valence-electron chi connectivity index (χ1n) is 6.28. The Morgan fingerprint density at radius 3 is 2.42 bits per heavy atom. The fourth-order valence-electron chi connectivity index (χ4n) is 2.36. The molecule has 0 bridgehead atoms. The normalized spacial score (nSPS) is 19.8. The molecule has 0 atom stereocenters. The number of sulfonamides is 1. The van der Waals surface area contributed by atoms with Gasteiger partial charge in [-0.25, -0.2) is 17.9 Å². The van der Waals surface area contributed by atoms with Crippen molar-refractivity contribution >= 4 is 16.0 Å². The van der Waals surface area contributed by atoms with Crippen LogP contribution in [-0.4, -0.2) is 35.7 Å². The van der Waals surface area contributed by atoms with Crippen LogP contribution in [0.15, 0.2) is 11.2 Å². The molecule has 0 amide bonds. The molecule has 2 fully saturated rings. The van der Waals surface area contributed by atoms with Crippen LogP contribution in [0, 0.1) is 11.8 Å². The summed E-state index contributed by atoms with van der Waals surface area (Å²) in [5, 5.41) is 14.4. The van der Waals surface area contributed by atoms with E-state index in [2.05, 4.69) is 14.9 Å². The fraction of sp³-hybridized carbons (Fsp3) is 0.636. The molecule has 3 rings (SSSR count). The van der Waals surface area contributed by atoms with E-state index < -0.39 is 16.0 Å². The van der Waals surface area contributed by atoms with Crippen molar-refractivity contribution in [2.75, 3.05) is 0 Å². The summed E-state index contributed by atoms with van der Waals surface area (Å²) in [7, 11) is -3.85. The van der Waals surface area contributed by atoms with Crippen LogP contribution in [0.5, 0.6) is 0 Å². The zero-order valence-corrected chi connectivity index (χ0v) is 11.0. The van der Waals surface area contributed by atoms with Crippen molar-refractivity contribution in [2.45, 2.75) is 36.8 Å². The molecule has 8 heteroatoms. The van der Waals surface area contributed by atoms with Crippen molar-refractivity contribution in [3.63, 3.8) is 0 Å². The number of aromatic carboxylic acids is 1. The molecule has 0 spiro atoms. The number of aromatic nitrogens is 2. The molecular weight excluding hydrogens is 270 g/mol. The SMILES string of the molecule is O=C(O)c1cn[nH]c1S(=O)(=O)NC(C1CC1)C1CC1. The standard InChI is InChI=1S/C11H15N3O4S/c15-11(16)8-5-12-13-10(8)19(17,18)14-9(6-1-2-6)7-3-4-7/h5-7,9,14H,1-4H2,(H,12,13)(H,15,16). The number of H-pyrrole nitrogens is 1. The number of carboxylic acids is 1. The van der Waals surface area contributed by atoms with Gasteiger partial charge in [0, 0.05) is 6.04 Å². The summed E-state index contributed by atoms with van der Waals surface area (Å²) in [6, 6.07) is -0.0602. The molecule has 0 radical (unpaired) electrons. The van der Waals surface area contributed by atoms with Crippen molar-refractivity contribution in [1.29, 1.82) is 0 Å². The Labute approximate surface area is 110 Å². The van der Waals surface area contributed by atoms with E-state index in [4.69, 9.17) is 5.11 Å². The molecule has 1 aromatic rings. The lowest BCUT2D eigenvalue weighted by Gasteiger charge is -2.17. The third-order valence-electron chi connectivity index (χ3n) is 3.65. The van der Waals surface area contributed by atoms with E-state index in [0.29, 0.717) is 11.8 Å². The maximum Gasteiger partial charge on any atom is 0.340 e. The zero-order chi connectivity index (χ0) is 13.6. The highest BCUT2D eigenvalue weighted by Crippen LogP contribution is 2.45. The largest absolute Gasteiger partial charge is 0.478 e. The van der Waals surface area contributed by atoms with Gasteiger partial charge >= 0.3 is 5.97 Å². The van der Waals surface area contributed by atoms with Crippen LogP contribution in [-0.2, 0) is 10.0 Å². The van der Waals surface area contributed by atoms with Crippen molar-refractivity contribution in [3.05, 3.63) is 11.8 Å². The lowest BCUT2D eigenvalue weighted by atomic mass is 10.1. The molecule has 1 aromatic heterocycles. The lowest BCUT2D eigenvalue weighted by molar-refractivity contribution is 0.0692. The van der Waals surface area contributed by atoms with Gasteiger partial charge in [-0.3, -0.25) is 5.10 Å². The number of carbonyl (C=O) groups is 1. The molecule has 2 aliphatic rings. The topological polar surface area (TPSA) is 112 Å². The smallest absolute Gasteiger partial charge is 0.340 e. The van der Waals surface area contributed by atoms with Gasteiger partial charge in [-0.1, -0.05) is 0 Å². The quantitative estimate of drug-likeness (QED) is 0.707. The molecule has 19 heavy (non-hydrogen) atoms. The van der Waals surface area contributed by atoms with Gasteiger partial charge in [0.15, 0.2) is 5.03 Å². The van der Waals surface area contributed by atoms with Crippen molar-refractivity contribution in [3.8, 4) is 0 Å². The van der Waals surface area contributed by atoms with Gasteiger partial charge in [0.1, 0.15) is 5.56 Å². The van der Waals surface area contributed by atoms with Crippen LogP contribution in [0.3, 0.4) is 0 Å². The van der Waals surface area contributed by atoms with Gasteiger partial charge < -0.3 is 5.11 Å². The Bertz CT molecular complexity index is 589. The Balaban J connectivity index is 1.85. The Morgan fingerprint density at radius 1 is 1.37 bits per heavy atom. The highest BCUT2D eigenvalue weighted by Gasteiger charge is 2.44. The zero-order valence-electron chi connectivity index (χ0n) is 10.2. The summed E-state index contributed by atoms with van der Waals surface area (Å²) in [4.78, 5) is 11.0. The Morgan fingerprint density at radius 2 is 1.95 bits per heavy atom. The second-order valence-electron chi connectivity index (χ2n) is 5.24. The predicted molar refractivity (Wildman–Crippen MR) is 65.1 cm³/mol. The molecule has 0 saturated heterocycles. The summed E-state index contributed by atoms with van der Waals surface area (Å²) in [6.07, 6.45) is 5.17. The lowest BCUT2D eigenvalue weighted by Crippen LogP contribution is -2.38. The van der Waals surface area contributed by atoms with Crippen LogP contribution in [0.25, 0.3) is 0 Å². The summed E-state index contributed by atoms with van der Waals surface area (Å²) in [5.74, 6) is -0.500. The summed E-state index contributed by atoms with van der Waals surface area (Å²) >= 11 is 0. The highest BCUT2D eigenvalue weighted by molar-refractivity contribution is 7.89. The molecule has 1 heterocycles. The summed E-state index contributed by atoms with van der Waals surface area (Å²) < 4.78 is 27.1. The first-order chi connectivity index (χ1) is 8.99. The van der Waals surface area contributed by atoms with E-state index in [0.717, 1.165) is 31.9 Å². The second kappa shape index (κ2) is 4.31. The van der Waals surface area contributed by atoms with Crippen LogP contribution < -0.4 is 4.72 Å². The first kappa shape index (κ1) is 12.6. The first-order valence-corrected chi connectivity index (χ1v) is 7.76. The van der Waals surface area contributed by atoms with E-state index in [9.17, 15) is 13.2 Å². The Kier molecular flexibility index (Phi) is 2.86. The average Bonchev–Trinajstić information content (AvgIpc) is 3.24. The third kappa shape index (κ3) is 2.50. The average molecular weight is 285 g/mol. The number of hydrogen-bond donors (Lipinski definition) is 3. The molecule has 104 valence electrons. The molecule has 2 aliphatic carbocycles. The third-order valence-corrected chi connectivity index (χ3v) is 5.09. The van der Waals surface area contributed by atoms with Gasteiger partial charge in [-0.15, -0.1) is 0 Å². The molecule has 0 aliphatic heterocycles. The molecular formula is C11H15N3O4S. The number of nitrogens with one attached hydrogen (secondary N) is 2. The maximum absolute atomic E-state index is 12.2. The second-order valence-corrected chi connectivity index (χ2v) is 6.89. The van der Waals surface area contributed by atoms with Crippen LogP contribution in [0.4, 0.5) is 0 Å². The van der Waals surface area contributed by atoms with Gasteiger partial charge in [-0.05, 0) is 37.5 Å². The van der Waals surface area contributed by atoms with Gasteiger partial charge in [0.25, 0.3) is 10.0 Å². The molecule has 3 N–H and O–H groups in total. The van der Waals surface area contributed by atoms with Crippen LogP contribution in [0.1, 0.15) is 36.0 Å². The van der Waals surface area contributed by atoms with Gasteiger partial charge in [0.2, 0.25) is 0 Å². The van der Waals surface area contributed by atoms with Crippen molar-refractivity contribution in [2.24, 2.45) is 11.8 Å². The number of nitrogens with zero attached hydrogens (tertiary/aromatic N) is 1. The van der Waals surface area contributed by atoms with Gasteiger partial charge in [0.05, 0.1) is 6.20 Å². The van der Waals surface area contributed by atoms with Crippen molar-refractivity contribution < 1.29 is 18.3 Å². The predicted octanol–water partition coefficient (Wildman–Crippen LogP) is 0.575. The minimum absolute atomic E-state index is 0.0602. The maximum atomic E-state index is 12.2. The molecule has 0 unspecified atom stereocenters. The van der Waals surface area contributed by atoms with Crippen molar-refractivity contribution in [1.82, 2.24) is 14.9 Å². The van der Waals surface area contributed by atoms with E-state index >= 15 is 0 Å². The van der Waals surface area contributed by atoms with E-state index in [-0.39, 0.29) is 16.6 Å². The minimum Gasteiger partial charge on any atom is -0.478 e. The van der Waals surface area contributed by atoms with E-state index in [1.165, 1.54) is 0 Å². The number of rotatable bonds is 6. The minimum atomic E-state index is -3.85. The highest BCUT2D eigenvalue weighted by atomic mass is 32.2. The monoisotopic (exact) mass is 285 g/mol. The Hall–Kier alpha value is -1.41.